The molecule has 2 heterocycles. The first-order valence-corrected chi connectivity index (χ1v) is 8.15. The monoisotopic (exact) mass is 275 g/mol. The molecule has 1 saturated heterocycles. The zero-order valence-corrected chi connectivity index (χ0v) is 13.3. The SMILES string of the molecule is CCNCc1cnc(C)cc1N1CCCC(CC)CC1. The Balaban J connectivity index is 2.15. The van der Waals surface area contributed by atoms with Crippen LogP contribution in [0.15, 0.2) is 12.3 Å². The van der Waals surface area contributed by atoms with Gasteiger partial charge in [-0.05, 0) is 44.7 Å². The topological polar surface area (TPSA) is 28.2 Å². The van der Waals surface area contributed by atoms with Crippen LogP contribution in [0.2, 0.25) is 0 Å². The molecule has 0 aliphatic carbocycles. The minimum atomic E-state index is 0.917. The van der Waals surface area contributed by atoms with Crippen LogP contribution < -0.4 is 10.2 Å². The van der Waals surface area contributed by atoms with E-state index in [1.807, 2.05) is 0 Å². The number of nitrogens with zero attached hydrogens (tertiary/aromatic N) is 2. The third-order valence-corrected chi connectivity index (χ3v) is 4.43. The van der Waals surface area contributed by atoms with E-state index in [9.17, 15) is 0 Å². The smallest absolute Gasteiger partial charge is 0.0445 e. The standard InChI is InChI=1S/C17H29N3/c1-4-15-7-6-9-20(10-8-15)17-11-14(3)19-13-16(17)12-18-5-2/h11,13,15,18H,4-10,12H2,1-3H3. The third-order valence-electron chi connectivity index (χ3n) is 4.43. The van der Waals surface area contributed by atoms with Gasteiger partial charge in [-0.1, -0.05) is 20.3 Å². The first-order chi connectivity index (χ1) is 9.74. The number of rotatable bonds is 5. The lowest BCUT2D eigenvalue weighted by Gasteiger charge is -2.26. The molecule has 3 nitrogen and oxygen atoms in total. The second kappa shape index (κ2) is 7.63. The Morgan fingerprint density at radius 3 is 2.90 bits per heavy atom. The maximum absolute atomic E-state index is 4.48. The molecule has 0 spiro atoms. The van der Waals surface area contributed by atoms with Crippen molar-refractivity contribution in [3.05, 3.63) is 23.5 Å². The van der Waals surface area contributed by atoms with Crippen molar-refractivity contribution in [2.24, 2.45) is 5.92 Å². The normalized spacial score (nSPS) is 19.9. The molecule has 0 radical (unpaired) electrons. The van der Waals surface area contributed by atoms with E-state index in [4.69, 9.17) is 0 Å². The molecular weight excluding hydrogens is 246 g/mol. The quantitative estimate of drug-likeness (QED) is 0.891. The van der Waals surface area contributed by atoms with E-state index in [1.165, 1.54) is 50.0 Å². The van der Waals surface area contributed by atoms with Gasteiger partial charge in [0, 0.05) is 42.8 Å². The summed E-state index contributed by atoms with van der Waals surface area (Å²) in [4.78, 5) is 7.06. The highest BCUT2D eigenvalue weighted by atomic mass is 15.1. The molecule has 1 atom stereocenters. The first-order valence-electron chi connectivity index (χ1n) is 8.15. The highest BCUT2D eigenvalue weighted by molar-refractivity contribution is 5.53. The van der Waals surface area contributed by atoms with Crippen molar-refractivity contribution in [3.8, 4) is 0 Å². The van der Waals surface area contributed by atoms with E-state index >= 15 is 0 Å². The molecule has 2 rings (SSSR count). The Hall–Kier alpha value is -1.09. The summed E-state index contributed by atoms with van der Waals surface area (Å²) < 4.78 is 0. The molecule has 1 fully saturated rings. The predicted octanol–water partition coefficient (Wildman–Crippen LogP) is 3.52. The van der Waals surface area contributed by atoms with Crippen molar-refractivity contribution in [1.82, 2.24) is 10.3 Å². The fourth-order valence-corrected chi connectivity index (χ4v) is 3.08. The Bertz CT molecular complexity index is 417. The van der Waals surface area contributed by atoms with E-state index in [1.54, 1.807) is 0 Å². The lowest BCUT2D eigenvalue weighted by Crippen LogP contribution is -2.27. The molecule has 112 valence electrons. The first kappa shape index (κ1) is 15.3. The zero-order valence-electron chi connectivity index (χ0n) is 13.3. The van der Waals surface area contributed by atoms with Crippen LogP contribution in [-0.2, 0) is 6.54 Å². The van der Waals surface area contributed by atoms with E-state index in [0.29, 0.717) is 0 Å². The molecule has 1 aromatic rings. The maximum atomic E-state index is 4.48. The second-order valence-corrected chi connectivity index (χ2v) is 5.93. The minimum absolute atomic E-state index is 0.917. The molecule has 0 amide bonds. The number of aromatic nitrogens is 1. The summed E-state index contributed by atoms with van der Waals surface area (Å²) in [6, 6.07) is 2.26. The minimum Gasteiger partial charge on any atom is -0.371 e. The van der Waals surface area contributed by atoms with E-state index in [2.05, 4.69) is 48.2 Å². The van der Waals surface area contributed by atoms with Crippen LogP contribution in [0.3, 0.4) is 0 Å². The van der Waals surface area contributed by atoms with Crippen LogP contribution in [-0.4, -0.2) is 24.6 Å². The molecule has 1 N–H and O–H groups in total. The van der Waals surface area contributed by atoms with Gasteiger partial charge in [0.1, 0.15) is 0 Å². The Labute approximate surface area is 123 Å². The Morgan fingerprint density at radius 1 is 1.30 bits per heavy atom. The van der Waals surface area contributed by atoms with Gasteiger partial charge in [0.25, 0.3) is 0 Å². The number of aryl methyl sites for hydroxylation is 1. The molecule has 0 bridgehead atoms. The maximum Gasteiger partial charge on any atom is 0.0445 e. The Kier molecular flexibility index (Phi) is 5.84. The van der Waals surface area contributed by atoms with E-state index < -0.39 is 0 Å². The molecule has 0 aromatic carbocycles. The van der Waals surface area contributed by atoms with Crippen molar-refractivity contribution >= 4 is 5.69 Å². The van der Waals surface area contributed by atoms with Gasteiger partial charge < -0.3 is 10.2 Å². The number of hydrogen-bond acceptors (Lipinski definition) is 3. The summed E-state index contributed by atoms with van der Waals surface area (Å²) in [5.74, 6) is 0.917. The summed E-state index contributed by atoms with van der Waals surface area (Å²) in [7, 11) is 0. The van der Waals surface area contributed by atoms with Crippen molar-refractivity contribution in [3.63, 3.8) is 0 Å². The highest BCUT2D eigenvalue weighted by Crippen LogP contribution is 2.27. The number of anilines is 1. The molecular formula is C17H29N3. The summed E-state index contributed by atoms with van der Waals surface area (Å²) in [6.07, 6.45) is 7.42. The summed E-state index contributed by atoms with van der Waals surface area (Å²) in [5, 5.41) is 3.43. The van der Waals surface area contributed by atoms with Gasteiger partial charge in [-0.3, -0.25) is 4.98 Å². The Morgan fingerprint density at radius 2 is 2.15 bits per heavy atom. The van der Waals surface area contributed by atoms with E-state index in [0.717, 1.165) is 24.7 Å². The van der Waals surface area contributed by atoms with Gasteiger partial charge in [-0.2, -0.15) is 0 Å². The second-order valence-electron chi connectivity index (χ2n) is 5.93. The summed E-state index contributed by atoms with van der Waals surface area (Å²) >= 11 is 0. The zero-order chi connectivity index (χ0) is 14.4. The molecule has 20 heavy (non-hydrogen) atoms. The largest absolute Gasteiger partial charge is 0.371 e. The van der Waals surface area contributed by atoms with Crippen molar-refractivity contribution in [2.75, 3.05) is 24.5 Å². The van der Waals surface area contributed by atoms with E-state index in [-0.39, 0.29) is 0 Å². The van der Waals surface area contributed by atoms with Gasteiger partial charge in [-0.15, -0.1) is 0 Å². The molecule has 3 heteroatoms. The summed E-state index contributed by atoms with van der Waals surface area (Å²) in [6.45, 7) is 10.9. The van der Waals surface area contributed by atoms with Gasteiger partial charge >= 0.3 is 0 Å². The van der Waals surface area contributed by atoms with Gasteiger partial charge in [0.2, 0.25) is 0 Å². The van der Waals surface area contributed by atoms with Gasteiger partial charge in [0.15, 0.2) is 0 Å². The molecule has 1 aromatic heterocycles. The number of hydrogen-bond donors (Lipinski definition) is 1. The number of nitrogens with one attached hydrogen (secondary N) is 1. The van der Waals surface area contributed by atoms with Crippen LogP contribution in [0.4, 0.5) is 5.69 Å². The summed E-state index contributed by atoms with van der Waals surface area (Å²) in [5.41, 5.74) is 3.86. The predicted molar refractivity (Wildman–Crippen MR) is 86.2 cm³/mol. The molecule has 1 aliphatic heterocycles. The van der Waals surface area contributed by atoms with Gasteiger partial charge in [0.05, 0.1) is 0 Å². The fourth-order valence-electron chi connectivity index (χ4n) is 3.08. The average Bonchev–Trinajstić information content (AvgIpc) is 2.71. The van der Waals surface area contributed by atoms with Crippen LogP contribution in [0.1, 0.15) is 50.8 Å². The highest BCUT2D eigenvalue weighted by Gasteiger charge is 2.18. The van der Waals surface area contributed by atoms with Crippen LogP contribution in [0.25, 0.3) is 0 Å². The fraction of sp³-hybridized carbons (Fsp3) is 0.706. The lowest BCUT2D eigenvalue weighted by atomic mass is 9.98. The third kappa shape index (κ3) is 3.95. The molecule has 0 saturated carbocycles. The van der Waals surface area contributed by atoms with Crippen molar-refractivity contribution in [2.45, 2.75) is 53.0 Å². The lowest BCUT2D eigenvalue weighted by molar-refractivity contribution is 0.459. The number of pyridine rings is 1. The van der Waals surface area contributed by atoms with Gasteiger partial charge in [-0.25, -0.2) is 0 Å². The van der Waals surface area contributed by atoms with Crippen LogP contribution in [0, 0.1) is 12.8 Å². The van der Waals surface area contributed by atoms with Crippen LogP contribution in [0.5, 0.6) is 0 Å². The molecule has 1 aliphatic rings. The molecule has 1 unspecified atom stereocenters. The van der Waals surface area contributed by atoms with Crippen molar-refractivity contribution in [1.29, 1.82) is 0 Å². The van der Waals surface area contributed by atoms with Crippen molar-refractivity contribution < 1.29 is 0 Å². The van der Waals surface area contributed by atoms with Crippen LogP contribution >= 0.6 is 0 Å². The average molecular weight is 275 g/mol.